The summed E-state index contributed by atoms with van der Waals surface area (Å²) < 4.78 is 0. The van der Waals surface area contributed by atoms with E-state index in [-0.39, 0.29) is 42.5 Å². The minimum absolute atomic E-state index is 0.00816. The van der Waals surface area contributed by atoms with Crippen molar-refractivity contribution >= 4 is 47.0 Å². The molecule has 0 aromatic heterocycles. The molecule has 2 aromatic carbocycles. The van der Waals surface area contributed by atoms with Crippen LogP contribution < -0.4 is 20.9 Å². The van der Waals surface area contributed by atoms with Gasteiger partial charge >= 0.3 is 0 Å². The van der Waals surface area contributed by atoms with E-state index in [0.29, 0.717) is 57.7 Å². The van der Waals surface area contributed by atoms with E-state index in [9.17, 15) is 24.0 Å². The van der Waals surface area contributed by atoms with Gasteiger partial charge < -0.3 is 25.3 Å². The van der Waals surface area contributed by atoms with E-state index in [1.807, 2.05) is 52.3 Å². The summed E-state index contributed by atoms with van der Waals surface area (Å²) in [5, 5.41) is 8.97. The Kier molecular flexibility index (Phi) is 9.35. The van der Waals surface area contributed by atoms with Gasteiger partial charge in [0.05, 0.1) is 0 Å². The zero-order valence-electron chi connectivity index (χ0n) is 23.7. The van der Waals surface area contributed by atoms with E-state index in [4.69, 9.17) is 0 Å². The zero-order valence-corrected chi connectivity index (χ0v) is 23.7. The van der Waals surface area contributed by atoms with Crippen LogP contribution in [-0.2, 0) is 19.2 Å². The van der Waals surface area contributed by atoms with E-state index in [0.717, 1.165) is 36.2 Å². The Morgan fingerprint density at radius 3 is 2.10 bits per heavy atom. The fourth-order valence-corrected chi connectivity index (χ4v) is 5.77. The van der Waals surface area contributed by atoms with E-state index in [1.54, 1.807) is 6.07 Å². The monoisotopic (exact) mass is 574 g/mol. The molecule has 11 nitrogen and oxygen atoms in total. The van der Waals surface area contributed by atoms with Crippen LogP contribution in [-0.4, -0.2) is 91.1 Å². The molecule has 0 bridgehead atoms. The number of piperazine rings is 1. The molecule has 42 heavy (non-hydrogen) atoms. The number of hydrogen-bond donors (Lipinski definition) is 3. The lowest BCUT2D eigenvalue weighted by Gasteiger charge is -2.36. The quantitative estimate of drug-likeness (QED) is 0.307. The number of hydrogen-bond acceptors (Lipinski definition) is 8. The largest absolute Gasteiger partial charge is 0.382 e. The summed E-state index contributed by atoms with van der Waals surface area (Å²) in [6.07, 6.45) is 3.67. The van der Waals surface area contributed by atoms with Crippen molar-refractivity contribution in [2.24, 2.45) is 0 Å². The third-order valence-corrected chi connectivity index (χ3v) is 8.29. The van der Waals surface area contributed by atoms with Gasteiger partial charge in [-0.3, -0.25) is 29.3 Å². The molecule has 1 unspecified atom stereocenters. The van der Waals surface area contributed by atoms with Crippen LogP contribution in [0.15, 0.2) is 48.5 Å². The molecule has 1 atom stereocenters. The van der Waals surface area contributed by atoms with Gasteiger partial charge in [-0.15, -0.1) is 0 Å². The molecule has 11 heteroatoms. The third-order valence-electron chi connectivity index (χ3n) is 8.29. The first-order chi connectivity index (χ1) is 20.4. The molecule has 3 aliphatic rings. The van der Waals surface area contributed by atoms with Crippen molar-refractivity contribution < 1.29 is 24.0 Å². The van der Waals surface area contributed by atoms with E-state index >= 15 is 0 Å². The number of piperidine rings is 2. The van der Waals surface area contributed by atoms with E-state index in [1.165, 1.54) is 0 Å². The van der Waals surface area contributed by atoms with Crippen molar-refractivity contribution in [1.29, 1.82) is 0 Å². The number of likely N-dealkylation sites (tertiary alicyclic amines) is 1. The Balaban J connectivity index is 1.00. The van der Waals surface area contributed by atoms with Gasteiger partial charge in [-0.05, 0) is 55.7 Å². The Hall–Kier alpha value is -4.41. The maximum atomic E-state index is 12.9. The van der Waals surface area contributed by atoms with Gasteiger partial charge in [0.1, 0.15) is 6.04 Å². The highest BCUT2D eigenvalue weighted by atomic mass is 16.2. The van der Waals surface area contributed by atoms with E-state index in [2.05, 4.69) is 20.9 Å². The van der Waals surface area contributed by atoms with Crippen LogP contribution in [0.5, 0.6) is 0 Å². The molecule has 3 heterocycles. The Morgan fingerprint density at radius 1 is 0.810 bits per heavy atom. The second-order valence-electron chi connectivity index (χ2n) is 11.1. The number of para-hydroxylation sites is 1. The van der Waals surface area contributed by atoms with Crippen molar-refractivity contribution in [2.45, 2.75) is 50.6 Å². The molecule has 2 aromatic rings. The molecule has 0 saturated carbocycles. The maximum Gasteiger partial charge on any atom is 0.249 e. The fourth-order valence-electron chi connectivity index (χ4n) is 5.77. The van der Waals surface area contributed by atoms with Crippen LogP contribution in [0.3, 0.4) is 0 Å². The predicted molar refractivity (Wildman–Crippen MR) is 159 cm³/mol. The molecule has 0 aliphatic carbocycles. The van der Waals surface area contributed by atoms with Gasteiger partial charge in [0.2, 0.25) is 23.6 Å². The summed E-state index contributed by atoms with van der Waals surface area (Å²) >= 11 is 0. The minimum Gasteiger partial charge on any atom is -0.382 e. The highest BCUT2D eigenvalue weighted by Gasteiger charge is 2.27. The van der Waals surface area contributed by atoms with Crippen LogP contribution in [0.2, 0.25) is 0 Å². The van der Waals surface area contributed by atoms with Crippen LogP contribution in [0.25, 0.3) is 0 Å². The van der Waals surface area contributed by atoms with Gasteiger partial charge in [-0.2, -0.15) is 0 Å². The van der Waals surface area contributed by atoms with Crippen molar-refractivity contribution in [3.8, 4) is 0 Å². The normalized spacial score (nSPS) is 19.7. The van der Waals surface area contributed by atoms with Crippen molar-refractivity contribution in [1.82, 2.24) is 15.1 Å². The van der Waals surface area contributed by atoms with Gasteiger partial charge in [0.15, 0.2) is 6.29 Å². The number of benzene rings is 2. The molecule has 3 saturated heterocycles. The number of aldehydes is 1. The Labute approximate surface area is 245 Å². The number of anilines is 3. The summed E-state index contributed by atoms with van der Waals surface area (Å²) in [4.78, 5) is 66.2. The maximum absolute atomic E-state index is 12.9. The van der Waals surface area contributed by atoms with Gasteiger partial charge in [0, 0.05) is 87.2 Å². The second kappa shape index (κ2) is 13.5. The summed E-state index contributed by atoms with van der Waals surface area (Å²) in [5.41, 5.74) is 3.31. The number of nitrogens with one attached hydrogen (secondary N) is 3. The molecule has 4 amide bonds. The summed E-state index contributed by atoms with van der Waals surface area (Å²) in [6.45, 7) is 3.87. The van der Waals surface area contributed by atoms with Gasteiger partial charge in [-0.25, -0.2) is 0 Å². The summed E-state index contributed by atoms with van der Waals surface area (Å²) in [5.74, 6) is -0.510. The molecular formula is C31H38N6O5. The first-order valence-electron chi connectivity index (χ1n) is 14.7. The molecule has 222 valence electrons. The van der Waals surface area contributed by atoms with E-state index < -0.39 is 6.04 Å². The van der Waals surface area contributed by atoms with Crippen LogP contribution in [0, 0.1) is 0 Å². The second-order valence-corrected chi connectivity index (χ2v) is 11.1. The molecule has 0 spiro atoms. The Morgan fingerprint density at radius 2 is 1.45 bits per heavy atom. The fraction of sp³-hybridized carbons (Fsp3) is 0.452. The number of carbonyl (C=O) groups is 5. The highest BCUT2D eigenvalue weighted by molar-refractivity contribution is 6.01. The molecule has 3 fully saturated rings. The first-order valence-corrected chi connectivity index (χ1v) is 14.7. The van der Waals surface area contributed by atoms with Crippen LogP contribution >= 0.6 is 0 Å². The zero-order chi connectivity index (χ0) is 29.5. The minimum atomic E-state index is -0.420. The lowest BCUT2D eigenvalue weighted by atomic mass is 10.0. The smallest absolute Gasteiger partial charge is 0.249 e. The van der Waals surface area contributed by atoms with Crippen molar-refractivity contribution in [3.05, 3.63) is 54.1 Å². The lowest BCUT2D eigenvalue weighted by Crippen LogP contribution is -2.49. The molecule has 3 aliphatic heterocycles. The molecule has 3 N–H and O–H groups in total. The van der Waals surface area contributed by atoms with Gasteiger partial charge in [0.25, 0.3) is 0 Å². The number of carbonyl (C=O) groups excluding carboxylic acids is 5. The Bertz CT molecular complexity index is 1300. The highest BCUT2D eigenvalue weighted by Crippen LogP contribution is 2.23. The standard InChI is InChI=1S/C31H38N6O5/c38-21-22-3-1-2-4-26(22)32-24-13-15-36(16-14-24)29(40)11-12-30(41)37-19-17-35(18-20-37)25-7-5-23(6-8-25)33-27-9-10-28(39)34-31(27)42/h1-8,21,24,27,32-33H,9-20H2,(H,34,39,42). The molecular weight excluding hydrogens is 536 g/mol. The van der Waals surface area contributed by atoms with Crippen LogP contribution in [0.1, 0.15) is 48.9 Å². The number of nitrogens with zero attached hydrogens (tertiary/aromatic N) is 3. The predicted octanol–water partition coefficient (Wildman–Crippen LogP) is 2.25. The average Bonchev–Trinajstić information content (AvgIpc) is 3.02. The van der Waals surface area contributed by atoms with Crippen molar-refractivity contribution in [3.63, 3.8) is 0 Å². The van der Waals surface area contributed by atoms with Gasteiger partial charge in [-0.1, -0.05) is 12.1 Å². The average molecular weight is 575 g/mol. The third kappa shape index (κ3) is 7.26. The number of imide groups is 1. The number of rotatable bonds is 9. The molecule has 0 radical (unpaired) electrons. The SMILES string of the molecule is O=Cc1ccccc1NC1CCN(C(=O)CCC(=O)N2CCN(c3ccc(NC4CCC(=O)NC4=O)cc3)CC2)CC1. The topological polar surface area (TPSA) is 131 Å². The van der Waals surface area contributed by atoms with Crippen molar-refractivity contribution in [2.75, 3.05) is 54.8 Å². The lowest BCUT2D eigenvalue weighted by molar-refractivity contribution is -0.137. The summed E-state index contributed by atoms with van der Waals surface area (Å²) in [7, 11) is 0. The number of amides is 4. The summed E-state index contributed by atoms with van der Waals surface area (Å²) in [6, 6.07) is 15.0. The van der Waals surface area contributed by atoms with Crippen LogP contribution in [0.4, 0.5) is 17.1 Å². The first kappa shape index (κ1) is 29.1. The molecule has 5 rings (SSSR count).